The molecule has 0 aliphatic rings. The highest BCUT2D eigenvalue weighted by atomic mass is 16.5. The van der Waals surface area contributed by atoms with E-state index in [1.54, 1.807) is 13.2 Å². The van der Waals surface area contributed by atoms with E-state index in [2.05, 4.69) is 0 Å². The van der Waals surface area contributed by atoms with Crippen LogP contribution in [0.5, 0.6) is 17.2 Å². The van der Waals surface area contributed by atoms with E-state index >= 15 is 0 Å². The zero-order chi connectivity index (χ0) is 18.2. The predicted octanol–water partition coefficient (Wildman–Crippen LogP) is 3.57. The molecule has 0 radical (unpaired) electrons. The molecule has 0 amide bonds. The van der Waals surface area contributed by atoms with Crippen LogP contribution in [0, 0.1) is 0 Å². The summed E-state index contributed by atoms with van der Waals surface area (Å²) in [5, 5.41) is 9.85. The number of aryl methyl sites for hydroxylation is 1. The Balaban J connectivity index is 1.82. The fraction of sp³-hybridized carbons (Fsp3) is 0.300. The fourth-order valence-electron chi connectivity index (χ4n) is 2.52. The molecule has 0 bridgehead atoms. The summed E-state index contributed by atoms with van der Waals surface area (Å²) in [6.45, 7) is 0. The van der Waals surface area contributed by atoms with E-state index in [0.717, 1.165) is 17.7 Å². The maximum atomic E-state index is 12.1. The smallest absolute Gasteiger partial charge is 0.173 e. The lowest BCUT2D eigenvalue weighted by molar-refractivity contribution is -0.118. The molecule has 5 heteroatoms. The summed E-state index contributed by atoms with van der Waals surface area (Å²) in [6.07, 6.45) is 1.56. The van der Waals surface area contributed by atoms with Gasteiger partial charge in [-0.2, -0.15) is 0 Å². The average Bonchev–Trinajstić information content (AvgIpc) is 2.62. The molecule has 0 spiro atoms. The van der Waals surface area contributed by atoms with Crippen LogP contribution in [0.2, 0.25) is 0 Å². The second-order valence-corrected chi connectivity index (χ2v) is 5.72. The monoisotopic (exact) mass is 342 g/mol. The number of methoxy groups -OCH3 is 2. The first kappa shape index (κ1) is 18.5. The molecule has 0 aliphatic heterocycles. The van der Waals surface area contributed by atoms with Crippen molar-refractivity contribution in [2.45, 2.75) is 25.7 Å². The number of rotatable bonds is 9. The maximum absolute atomic E-state index is 12.1. The molecule has 132 valence electrons. The number of carbonyl (C=O) groups excluding carboxylic acids is 2. The van der Waals surface area contributed by atoms with Gasteiger partial charge in [0.15, 0.2) is 5.78 Å². The van der Waals surface area contributed by atoms with Crippen LogP contribution in [-0.2, 0) is 11.2 Å². The molecule has 0 fully saturated rings. The van der Waals surface area contributed by atoms with Crippen LogP contribution in [0.25, 0.3) is 0 Å². The van der Waals surface area contributed by atoms with Crippen LogP contribution < -0.4 is 9.47 Å². The first-order valence-electron chi connectivity index (χ1n) is 8.08. The van der Waals surface area contributed by atoms with Crippen molar-refractivity contribution >= 4 is 11.6 Å². The minimum absolute atomic E-state index is 0.131. The van der Waals surface area contributed by atoms with Crippen LogP contribution >= 0.6 is 0 Å². The molecule has 0 saturated heterocycles. The summed E-state index contributed by atoms with van der Waals surface area (Å²) in [6, 6.07) is 12.1. The van der Waals surface area contributed by atoms with Gasteiger partial charge < -0.3 is 14.6 Å². The number of carbonyl (C=O) groups is 2. The van der Waals surface area contributed by atoms with Crippen molar-refractivity contribution in [3.05, 3.63) is 53.6 Å². The van der Waals surface area contributed by atoms with Crippen molar-refractivity contribution in [3.63, 3.8) is 0 Å². The molecule has 0 aromatic heterocycles. The molecule has 0 atom stereocenters. The Labute approximate surface area is 147 Å². The third-order valence-corrected chi connectivity index (χ3v) is 3.94. The first-order valence-corrected chi connectivity index (χ1v) is 8.08. The van der Waals surface area contributed by atoms with E-state index in [-0.39, 0.29) is 29.3 Å². The fourth-order valence-corrected chi connectivity index (χ4v) is 2.52. The van der Waals surface area contributed by atoms with E-state index in [0.29, 0.717) is 18.6 Å². The Kier molecular flexibility index (Phi) is 6.57. The van der Waals surface area contributed by atoms with Crippen LogP contribution in [0.1, 0.15) is 35.2 Å². The van der Waals surface area contributed by atoms with Gasteiger partial charge in [0.1, 0.15) is 23.0 Å². The van der Waals surface area contributed by atoms with Crippen LogP contribution in [0.15, 0.2) is 42.5 Å². The van der Waals surface area contributed by atoms with Gasteiger partial charge in [-0.15, -0.1) is 0 Å². The Morgan fingerprint density at radius 2 is 1.60 bits per heavy atom. The number of Topliss-reactive ketones (excluding diaryl/α,β-unsaturated/α-hetero) is 2. The molecule has 0 unspecified atom stereocenters. The normalized spacial score (nSPS) is 10.3. The molecular weight excluding hydrogens is 320 g/mol. The Bertz CT molecular complexity index is 734. The van der Waals surface area contributed by atoms with Crippen molar-refractivity contribution in [1.29, 1.82) is 0 Å². The van der Waals surface area contributed by atoms with E-state index in [1.807, 2.05) is 24.3 Å². The molecule has 5 nitrogen and oxygen atoms in total. The van der Waals surface area contributed by atoms with Crippen molar-refractivity contribution in [2.75, 3.05) is 14.2 Å². The highest BCUT2D eigenvalue weighted by Gasteiger charge is 2.15. The minimum atomic E-state index is -0.380. The van der Waals surface area contributed by atoms with Gasteiger partial charge in [0.25, 0.3) is 0 Å². The van der Waals surface area contributed by atoms with E-state index < -0.39 is 0 Å². The summed E-state index contributed by atoms with van der Waals surface area (Å²) in [5.41, 5.74) is 1.26. The topological polar surface area (TPSA) is 72.8 Å². The highest BCUT2D eigenvalue weighted by Crippen LogP contribution is 2.24. The maximum Gasteiger partial charge on any atom is 0.173 e. The number of phenolic OH excluding ortho intramolecular Hbond substituents is 1. The Hall–Kier alpha value is -2.82. The summed E-state index contributed by atoms with van der Waals surface area (Å²) >= 11 is 0. The number of phenols is 1. The lowest BCUT2D eigenvalue weighted by atomic mass is 10.0. The second-order valence-electron chi connectivity index (χ2n) is 5.72. The summed E-state index contributed by atoms with van der Waals surface area (Å²) < 4.78 is 10.1. The van der Waals surface area contributed by atoms with Crippen LogP contribution in [0.3, 0.4) is 0 Å². The van der Waals surface area contributed by atoms with Crippen LogP contribution in [-0.4, -0.2) is 30.9 Å². The quantitative estimate of drug-likeness (QED) is 0.557. The standard InChI is InChI=1S/C20H22O5/c1-24-16-8-6-14(7-9-16)4-3-5-15(21)12-19(22)18-11-10-17(25-2)13-20(18)23/h6-11,13,23H,3-5,12H2,1-2H3. The molecule has 0 saturated carbocycles. The van der Waals surface area contributed by atoms with Gasteiger partial charge in [-0.3, -0.25) is 9.59 Å². The lowest BCUT2D eigenvalue weighted by Crippen LogP contribution is -2.08. The van der Waals surface area contributed by atoms with E-state index in [9.17, 15) is 14.7 Å². The zero-order valence-electron chi connectivity index (χ0n) is 14.5. The summed E-state index contributed by atoms with van der Waals surface area (Å²) in [7, 11) is 3.09. The number of ketones is 2. The first-order chi connectivity index (χ1) is 12.0. The number of benzene rings is 2. The Morgan fingerprint density at radius 3 is 2.20 bits per heavy atom. The number of hydrogen-bond acceptors (Lipinski definition) is 5. The van der Waals surface area contributed by atoms with Crippen molar-refractivity contribution in [1.82, 2.24) is 0 Å². The van der Waals surface area contributed by atoms with E-state index in [1.165, 1.54) is 19.2 Å². The van der Waals surface area contributed by atoms with Crippen molar-refractivity contribution < 1.29 is 24.2 Å². The number of aromatic hydroxyl groups is 1. The molecule has 2 aromatic carbocycles. The lowest BCUT2D eigenvalue weighted by Gasteiger charge is -2.06. The molecule has 0 heterocycles. The van der Waals surface area contributed by atoms with Gasteiger partial charge in [-0.05, 0) is 42.7 Å². The van der Waals surface area contributed by atoms with Gasteiger partial charge in [0.05, 0.1) is 26.2 Å². The van der Waals surface area contributed by atoms with E-state index in [4.69, 9.17) is 9.47 Å². The summed E-state index contributed by atoms with van der Waals surface area (Å²) in [4.78, 5) is 24.1. The number of ether oxygens (including phenoxy) is 2. The molecule has 2 rings (SSSR count). The van der Waals surface area contributed by atoms with Crippen molar-refractivity contribution in [3.8, 4) is 17.2 Å². The third kappa shape index (κ3) is 5.35. The molecular formula is C20H22O5. The average molecular weight is 342 g/mol. The zero-order valence-corrected chi connectivity index (χ0v) is 14.5. The molecule has 1 N–H and O–H groups in total. The molecule has 2 aromatic rings. The third-order valence-electron chi connectivity index (χ3n) is 3.94. The largest absolute Gasteiger partial charge is 0.507 e. The molecule has 0 aliphatic carbocycles. The number of hydrogen-bond donors (Lipinski definition) is 1. The Morgan fingerprint density at radius 1 is 0.960 bits per heavy atom. The van der Waals surface area contributed by atoms with Gasteiger partial charge in [0.2, 0.25) is 0 Å². The van der Waals surface area contributed by atoms with Gasteiger partial charge in [-0.25, -0.2) is 0 Å². The SMILES string of the molecule is COc1ccc(CCCC(=O)CC(=O)c2ccc(OC)cc2O)cc1. The van der Waals surface area contributed by atoms with Crippen molar-refractivity contribution in [2.24, 2.45) is 0 Å². The second kappa shape index (κ2) is 8.87. The summed E-state index contributed by atoms with van der Waals surface area (Å²) in [5.74, 6) is 0.573. The van der Waals surface area contributed by atoms with Gasteiger partial charge in [-0.1, -0.05) is 12.1 Å². The van der Waals surface area contributed by atoms with Gasteiger partial charge >= 0.3 is 0 Å². The molecule has 25 heavy (non-hydrogen) atoms. The highest BCUT2D eigenvalue weighted by molar-refractivity contribution is 6.09. The van der Waals surface area contributed by atoms with Crippen LogP contribution in [0.4, 0.5) is 0 Å². The predicted molar refractivity (Wildman–Crippen MR) is 94.5 cm³/mol. The van der Waals surface area contributed by atoms with Gasteiger partial charge in [0, 0.05) is 12.5 Å². The minimum Gasteiger partial charge on any atom is -0.507 e.